The predicted molar refractivity (Wildman–Crippen MR) is 136 cm³/mol. The Bertz CT molecular complexity index is 742. The first-order valence-corrected chi connectivity index (χ1v) is 16.7. The van der Waals surface area contributed by atoms with E-state index in [0.717, 1.165) is 54.8 Å². The van der Waals surface area contributed by atoms with Crippen LogP contribution in [0.5, 0.6) is 0 Å². The fourth-order valence-corrected chi connectivity index (χ4v) is 10.8. The highest BCUT2D eigenvalue weighted by atomic mass is 35.9. The third-order valence-corrected chi connectivity index (χ3v) is 13.7. The molecule has 4 rings (SSSR count). The molecule has 0 bridgehead atoms. The van der Waals surface area contributed by atoms with Gasteiger partial charge >= 0.3 is 0 Å². The van der Waals surface area contributed by atoms with Crippen LogP contribution >= 0.6 is 28.3 Å². The Morgan fingerprint density at radius 2 is 1.77 bits per heavy atom. The summed E-state index contributed by atoms with van der Waals surface area (Å²) >= 11 is 12.2. The average Bonchev–Trinajstić information content (AvgIpc) is 3.03. The zero-order chi connectivity index (χ0) is 22.6. The summed E-state index contributed by atoms with van der Waals surface area (Å²) in [6.45, 7) is 12.5. The summed E-state index contributed by atoms with van der Waals surface area (Å²) in [4.78, 5) is 0. The lowest BCUT2D eigenvalue weighted by Crippen LogP contribution is -2.50. The van der Waals surface area contributed by atoms with E-state index in [1.165, 1.54) is 56.9 Å². The highest BCUT2D eigenvalue weighted by molar-refractivity contribution is 8.09. The molecule has 3 fully saturated rings. The maximum absolute atomic E-state index is 12.3. The summed E-state index contributed by atoms with van der Waals surface area (Å²) in [5.41, 5.74) is 2.33. The van der Waals surface area contributed by atoms with Crippen LogP contribution in [0.2, 0.25) is 0 Å². The van der Waals surface area contributed by atoms with Crippen LogP contribution in [0.25, 0.3) is 0 Å². The second kappa shape index (κ2) is 8.96. The van der Waals surface area contributed by atoms with E-state index < -0.39 is 5.85 Å². The van der Waals surface area contributed by atoms with Crippen LogP contribution in [-0.4, -0.2) is 5.66 Å². The molecule has 0 radical (unpaired) electrons. The fourth-order valence-electron chi connectivity index (χ4n) is 8.92. The first-order chi connectivity index (χ1) is 14.5. The number of hydrogen-bond donors (Lipinski definition) is 0. The van der Waals surface area contributed by atoms with Gasteiger partial charge < -0.3 is 0 Å². The van der Waals surface area contributed by atoms with Crippen LogP contribution in [-0.2, 0) is 4.57 Å². The molecule has 178 valence electrons. The third-order valence-electron chi connectivity index (χ3n) is 10.7. The topological polar surface area (TPSA) is 17.1 Å². The summed E-state index contributed by atoms with van der Waals surface area (Å²) in [5, 5.41) is 0. The van der Waals surface area contributed by atoms with Gasteiger partial charge in [0.15, 0.2) is 0 Å². The predicted octanol–water partition coefficient (Wildman–Crippen LogP) is 10.1. The van der Waals surface area contributed by atoms with Crippen molar-refractivity contribution >= 4 is 28.3 Å². The monoisotopic (exact) mass is 486 g/mol. The minimum Gasteiger partial charge on any atom is -0.289 e. The summed E-state index contributed by atoms with van der Waals surface area (Å²) in [6, 6.07) is 0. The standard InChI is InChI=1S/C27H45Cl2OP/c1-18(2)7-6-8-19(3)23-11-12-24-22-10-9-20-17-21(31(28,29)30)13-15-26(20,4)25(22)14-16-27(23,24)5/h9,18-19,21-25H,6-8,10-17H2,1-5H3/t19-,21?,22?,23-,24?,25?,26+,27-/m1/s1. The van der Waals surface area contributed by atoms with E-state index in [9.17, 15) is 4.57 Å². The van der Waals surface area contributed by atoms with Crippen molar-refractivity contribution < 1.29 is 4.57 Å². The summed E-state index contributed by atoms with van der Waals surface area (Å²) in [7, 11) is 0. The number of rotatable bonds is 6. The molecule has 4 unspecified atom stereocenters. The molecule has 4 heteroatoms. The highest BCUT2D eigenvalue weighted by Crippen LogP contribution is 2.71. The van der Waals surface area contributed by atoms with Gasteiger partial charge in [-0.1, -0.05) is 65.5 Å². The molecule has 8 atom stereocenters. The number of hydrogen-bond acceptors (Lipinski definition) is 1. The van der Waals surface area contributed by atoms with Crippen molar-refractivity contribution in [1.82, 2.24) is 0 Å². The SMILES string of the molecule is CC(C)CCC[C@@H](C)[C@H]1CCC2C3CC=C4CC(P(=O)(Cl)Cl)CC[C@]4(C)C3CC[C@@]21C. The minimum absolute atomic E-state index is 0.0249. The van der Waals surface area contributed by atoms with Gasteiger partial charge in [-0.3, -0.25) is 4.57 Å². The van der Waals surface area contributed by atoms with Crippen LogP contribution in [0.1, 0.15) is 105 Å². The smallest absolute Gasteiger partial charge is 0.256 e. The van der Waals surface area contributed by atoms with Crippen molar-refractivity contribution in [3.05, 3.63) is 11.6 Å². The van der Waals surface area contributed by atoms with E-state index in [4.69, 9.17) is 22.5 Å². The molecule has 0 N–H and O–H groups in total. The summed E-state index contributed by atoms with van der Waals surface area (Å²) in [6.07, 6.45) is 16.6. The lowest BCUT2D eigenvalue weighted by Gasteiger charge is -2.58. The van der Waals surface area contributed by atoms with Crippen LogP contribution in [0.15, 0.2) is 11.6 Å². The molecule has 0 saturated heterocycles. The Morgan fingerprint density at radius 3 is 2.45 bits per heavy atom. The van der Waals surface area contributed by atoms with Gasteiger partial charge in [-0.15, -0.1) is 0 Å². The Morgan fingerprint density at radius 1 is 1.03 bits per heavy atom. The van der Waals surface area contributed by atoms with E-state index in [2.05, 4.69) is 40.7 Å². The zero-order valence-corrected chi connectivity index (χ0v) is 22.9. The molecule has 31 heavy (non-hydrogen) atoms. The van der Waals surface area contributed by atoms with Crippen molar-refractivity contribution in [2.45, 2.75) is 111 Å². The van der Waals surface area contributed by atoms with Gasteiger partial charge in [0.05, 0.1) is 0 Å². The average molecular weight is 488 g/mol. The molecule has 0 aliphatic heterocycles. The van der Waals surface area contributed by atoms with E-state index >= 15 is 0 Å². The van der Waals surface area contributed by atoms with Crippen LogP contribution in [0, 0.1) is 46.3 Å². The van der Waals surface area contributed by atoms with Crippen molar-refractivity contribution in [2.24, 2.45) is 46.3 Å². The lowest BCUT2D eigenvalue weighted by atomic mass is 9.47. The molecule has 0 aromatic heterocycles. The summed E-state index contributed by atoms with van der Waals surface area (Å²) in [5.74, 6) is 2.12. The highest BCUT2D eigenvalue weighted by Gasteiger charge is 2.59. The van der Waals surface area contributed by atoms with Crippen LogP contribution in [0.3, 0.4) is 0 Å². The van der Waals surface area contributed by atoms with Crippen molar-refractivity contribution in [3.63, 3.8) is 0 Å². The van der Waals surface area contributed by atoms with Crippen molar-refractivity contribution in [2.75, 3.05) is 0 Å². The van der Waals surface area contributed by atoms with Gasteiger partial charge in [-0.05, 0) is 120 Å². The van der Waals surface area contributed by atoms with Crippen LogP contribution < -0.4 is 0 Å². The van der Waals surface area contributed by atoms with Gasteiger partial charge in [0, 0.05) is 5.66 Å². The molecule has 0 heterocycles. The molecular weight excluding hydrogens is 442 g/mol. The zero-order valence-electron chi connectivity index (χ0n) is 20.5. The number of allylic oxidation sites excluding steroid dienone is 2. The Hall–Kier alpha value is 0.550. The second-order valence-electron chi connectivity index (χ2n) is 12.7. The van der Waals surface area contributed by atoms with Gasteiger partial charge in [0.25, 0.3) is 5.85 Å². The largest absolute Gasteiger partial charge is 0.289 e. The normalized spacial score (nSPS) is 43.7. The molecule has 4 aliphatic carbocycles. The fraction of sp³-hybridized carbons (Fsp3) is 0.926. The van der Waals surface area contributed by atoms with Gasteiger partial charge in [-0.25, -0.2) is 0 Å². The third kappa shape index (κ3) is 4.48. The van der Waals surface area contributed by atoms with Crippen LogP contribution in [0.4, 0.5) is 0 Å². The Kier molecular flexibility index (Phi) is 7.13. The van der Waals surface area contributed by atoms with E-state index in [-0.39, 0.29) is 11.1 Å². The minimum atomic E-state index is -3.03. The van der Waals surface area contributed by atoms with Crippen molar-refractivity contribution in [1.29, 1.82) is 0 Å². The van der Waals surface area contributed by atoms with Gasteiger partial charge in [-0.2, -0.15) is 0 Å². The molecule has 0 amide bonds. The van der Waals surface area contributed by atoms with Crippen molar-refractivity contribution in [3.8, 4) is 0 Å². The molecule has 1 nitrogen and oxygen atoms in total. The number of fused-ring (bicyclic) bond motifs is 5. The Balaban J connectivity index is 1.49. The lowest BCUT2D eigenvalue weighted by molar-refractivity contribution is -0.0498. The van der Waals surface area contributed by atoms with E-state index in [0.29, 0.717) is 5.41 Å². The quantitative estimate of drug-likeness (QED) is 0.269. The number of halogens is 2. The van der Waals surface area contributed by atoms with Gasteiger partial charge in [0.1, 0.15) is 0 Å². The molecule has 4 aliphatic rings. The second-order valence-corrected chi connectivity index (χ2v) is 18.0. The molecule has 3 saturated carbocycles. The maximum Gasteiger partial charge on any atom is 0.256 e. The molecular formula is C27H45Cl2OP. The molecule has 0 aromatic rings. The Labute approximate surface area is 201 Å². The van der Waals surface area contributed by atoms with E-state index in [1.807, 2.05) is 0 Å². The summed E-state index contributed by atoms with van der Waals surface area (Å²) < 4.78 is 12.3. The molecule has 0 spiro atoms. The first-order valence-electron chi connectivity index (χ1n) is 13.2. The maximum atomic E-state index is 12.3. The van der Waals surface area contributed by atoms with E-state index in [1.54, 1.807) is 0 Å². The molecule has 0 aromatic carbocycles. The van der Waals surface area contributed by atoms with Gasteiger partial charge in [0.2, 0.25) is 0 Å². The first kappa shape index (κ1) is 24.7.